The van der Waals surface area contributed by atoms with E-state index in [4.69, 9.17) is 13.1 Å². The van der Waals surface area contributed by atoms with Gasteiger partial charge in [-0.05, 0) is 172 Å². The number of hydrogen-bond donors (Lipinski definition) is 1. The molecule has 0 amide bonds. The molecule has 1 aliphatic rings. The Balaban J connectivity index is 0.000000250. The fraction of sp³-hybridized carbons (Fsp3) is 0.353. The SMILES string of the molecule is CC(=O)C(C)(COS(=O)(=O)c1ccc(C)cc1)C(=O)OC(C)(C)C.CCc1ccc(C)cc1.Cc1ccc(S(=O)(=O)O[C@@H]2CCCC[C@@]2(O)c2ccccc2)cc1.Cc1ccc([S+](c2ccc(C)cc2)c2ccc(C(C)C)cc2)cc1.F[P-](F)(F)(F)(F)F. The van der Waals surface area contributed by atoms with Crippen molar-refractivity contribution in [2.75, 3.05) is 6.61 Å². The summed E-state index contributed by atoms with van der Waals surface area (Å²) in [6.07, 6.45) is 3.04. The van der Waals surface area contributed by atoms with Crippen LogP contribution in [0.1, 0.15) is 131 Å². The van der Waals surface area contributed by atoms with Gasteiger partial charge in [0.05, 0.1) is 27.3 Å². The van der Waals surface area contributed by atoms with Gasteiger partial charge in [-0.25, -0.2) is 0 Å². The number of benzene rings is 7. The summed E-state index contributed by atoms with van der Waals surface area (Å²) >= 11 is 0. The van der Waals surface area contributed by atoms with E-state index in [0.717, 1.165) is 30.4 Å². The Morgan fingerprint density at radius 1 is 0.591 bits per heavy atom. The molecule has 20 heteroatoms. The van der Waals surface area contributed by atoms with Gasteiger partial charge in [-0.1, -0.05) is 177 Å². The van der Waals surface area contributed by atoms with E-state index in [9.17, 15) is 56.7 Å². The van der Waals surface area contributed by atoms with E-state index in [1.807, 2.05) is 44.2 Å². The monoisotopic (exact) mass is 1300 g/mol. The normalized spacial score (nSPS) is 16.6. The molecule has 88 heavy (non-hydrogen) atoms. The average Bonchev–Trinajstić information content (AvgIpc) is 1.65. The van der Waals surface area contributed by atoms with Crippen molar-refractivity contribution in [3.63, 3.8) is 0 Å². The van der Waals surface area contributed by atoms with Gasteiger partial charge in [-0.3, -0.25) is 18.0 Å². The molecule has 1 saturated carbocycles. The molecule has 7 aromatic rings. The van der Waals surface area contributed by atoms with E-state index in [2.05, 4.69) is 139 Å². The minimum atomic E-state index is -10.7. The Bertz CT molecular complexity index is 3530. The fourth-order valence-electron chi connectivity index (χ4n) is 8.46. The average molecular weight is 1300 g/mol. The molecule has 0 spiro atoms. The number of esters is 1. The van der Waals surface area contributed by atoms with Crippen molar-refractivity contribution >= 4 is 50.7 Å². The molecule has 1 unspecified atom stereocenters. The van der Waals surface area contributed by atoms with Crippen LogP contribution in [0.2, 0.25) is 0 Å². The van der Waals surface area contributed by atoms with Crippen molar-refractivity contribution in [2.45, 2.75) is 170 Å². The molecule has 0 aromatic heterocycles. The standard InChI is InChI=1S/C23H25S.C19H22O4S.C17H24O6S.C9H12.F6P/c1-17(2)20-9-15-23(16-10-20)24(21-11-5-18(3)6-12-21)22-13-7-19(4)8-14-22;1-15-10-12-17(13-11-15)24(21,22)23-18-9-5-6-14-19(18,20)16-7-3-2-4-8-16;1-12-7-9-14(10-8-12)24(20,21)22-11-17(6,13(2)18)15(19)23-16(3,4)5;1-3-9-6-4-8(2)5-7-9;1-7(2,3,4,5)6/h5-17H,1-4H3;2-4,7-8,10-13,18,20H,5-6,9,14H2,1H3;7-10H,11H2,1-6H3;4-7H,3H2,1-2H3;/q+1;;;;-1/t;18-,19-;;;/m.1.../s1. The van der Waals surface area contributed by atoms with Crippen molar-refractivity contribution in [3.05, 3.63) is 220 Å². The maximum atomic E-state index is 12.6. The second-order valence-corrected chi connectivity index (χ2v) is 30.4. The summed E-state index contributed by atoms with van der Waals surface area (Å²) in [6.45, 7) is 23.7. The summed E-state index contributed by atoms with van der Waals surface area (Å²) in [7, 11) is -18.7. The molecule has 10 nitrogen and oxygen atoms in total. The third-order valence-corrected chi connectivity index (χ3v) is 18.7. The van der Waals surface area contributed by atoms with Crippen LogP contribution < -0.4 is 0 Å². The maximum absolute atomic E-state index is 12.6. The summed E-state index contributed by atoms with van der Waals surface area (Å²) in [4.78, 5) is 28.4. The van der Waals surface area contributed by atoms with E-state index in [1.165, 1.54) is 80.6 Å². The minimum absolute atomic E-state index is 0.0387. The number of ether oxygens (including phenoxy) is 1. The molecule has 0 radical (unpaired) electrons. The zero-order valence-electron chi connectivity index (χ0n) is 52.2. The summed E-state index contributed by atoms with van der Waals surface area (Å²) in [5.41, 5.74) is 5.56. The number of aryl methyl sites for hydroxylation is 6. The van der Waals surface area contributed by atoms with Crippen LogP contribution in [-0.2, 0) is 65.8 Å². The Hall–Kier alpha value is -6.18. The topological polar surface area (TPSA) is 150 Å². The Labute approximate surface area is 519 Å². The number of ketones is 1. The fourth-order valence-corrected chi connectivity index (χ4v) is 12.6. The molecule has 1 fully saturated rings. The van der Waals surface area contributed by atoms with Crippen molar-refractivity contribution in [2.24, 2.45) is 5.41 Å². The quantitative estimate of drug-likeness (QED) is 0.0262. The third kappa shape index (κ3) is 25.0. The summed E-state index contributed by atoms with van der Waals surface area (Å²) in [5, 5.41) is 11.2. The zero-order chi connectivity index (χ0) is 66.2. The molecule has 7 aromatic carbocycles. The van der Waals surface area contributed by atoms with E-state index >= 15 is 0 Å². The molecular weight excluding hydrogens is 1220 g/mol. The van der Waals surface area contributed by atoms with Crippen LogP contribution in [0.4, 0.5) is 25.2 Å². The van der Waals surface area contributed by atoms with Crippen LogP contribution in [0.5, 0.6) is 0 Å². The van der Waals surface area contributed by atoms with E-state index in [0.29, 0.717) is 24.3 Å². The van der Waals surface area contributed by atoms with Gasteiger partial charge in [0.25, 0.3) is 20.2 Å². The number of aliphatic hydroxyl groups is 1. The summed E-state index contributed by atoms with van der Waals surface area (Å²) in [5.74, 6) is -0.781. The zero-order valence-corrected chi connectivity index (χ0v) is 55.5. The number of Topliss-reactive ketones (excluding diaryl/α,β-unsaturated/α-hetero) is 1. The van der Waals surface area contributed by atoms with Gasteiger partial charge in [0, 0.05) is 0 Å². The molecule has 0 heterocycles. The summed E-state index contributed by atoms with van der Waals surface area (Å²) < 4.78 is 125. The van der Waals surface area contributed by atoms with Crippen molar-refractivity contribution < 1.29 is 69.8 Å². The van der Waals surface area contributed by atoms with Gasteiger partial charge in [0.15, 0.2) is 14.7 Å². The third-order valence-electron chi connectivity index (χ3n) is 13.9. The van der Waals surface area contributed by atoms with E-state index < -0.39 is 69.1 Å². The first-order valence-corrected chi connectivity index (χ1v) is 34.7. The molecule has 0 aliphatic heterocycles. The molecule has 1 N–H and O–H groups in total. The predicted molar refractivity (Wildman–Crippen MR) is 340 cm³/mol. The molecule has 1 aliphatic carbocycles. The van der Waals surface area contributed by atoms with Crippen LogP contribution in [0, 0.1) is 40.0 Å². The molecule has 480 valence electrons. The second-order valence-electron chi connectivity index (χ2n) is 23.3. The first kappa shape index (κ1) is 74.3. The molecular formula is C68H83F6O10PS3. The van der Waals surface area contributed by atoms with Gasteiger partial charge >= 0.3 is 39.0 Å². The van der Waals surface area contributed by atoms with Gasteiger partial charge in [-0.15, -0.1) is 0 Å². The Kier molecular flexibility index (Phi) is 25.4. The number of carbonyl (C=O) groups excluding carboxylic acids is 2. The van der Waals surface area contributed by atoms with Crippen molar-refractivity contribution in [1.29, 1.82) is 0 Å². The number of rotatable bonds is 15. The first-order valence-electron chi connectivity index (χ1n) is 28.6. The van der Waals surface area contributed by atoms with E-state index in [1.54, 1.807) is 45.0 Å². The molecule has 8 rings (SSSR count). The van der Waals surface area contributed by atoms with Crippen LogP contribution in [0.15, 0.2) is 200 Å². The number of hydrogen-bond acceptors (Lipinski definition) is 10. The van der Waals surface area contributed by atoms with Gasteiger partial charge in [0.2, 0.25) is 0 Å². The van der Waals surface area contributed by atoms with Crippen LogP contribution in [0.25, 0.3) is 0 Å². The van der Waals surface area contributed by atoms with Crippen molar-refractivity contribution in [1.82, 2.24) is 0 Å². The molecule has 3 atom stereocenters. The number of carbonyl (C=O) groups is 2. The molecule has 0 bridgehead atoms. The number of halogens is 6. The van der Waals surface area contributed by atoms with Crippen LogP contribution >= 0.6 is 7.81 Å². The Morgan fingerprint density at radius 2 is 0.966 bits per heavy atom. The Morgan fingerprint density at radius 3 is 1.34 bits per heavy atom. The van der Waals surface area contributed by atoms with E-state index in [-0.39, 0.29) is 20.7 Å². The van der Waals surface area contributed by atoms with Crippen LogP contribution in [0.3, 0.4) is 0 Å². The van der Waals surface area contributed by atoms with Crippen LogP contribution in [-0.4, -0.2) is 52.0 Å². The molecule has 0 saturated heterocycles. The first-order chi connectivity index (χ1) is 40.5. The van der Waals surface area contributed by atoms with Gasteiger partial charge in [-0.2, -0.15) is 16.8 Å². The van der Waals surface area contributed by atoms with Gasteiger partial charge < -0.3 is 9.84 Å². The van der Waals surface area contributed by atoms with Gasteiger partial charge in [0.1, 0.15) is 28.5 Å². The predicted octanol–water partition coefficient (Wildman–Crippen LogP) is 18.6. The summed E-state index contributed by atoms with van der Waals surface area (Å²) in [6, 6.07) is 57.6. The van der Waals surface area contributed by atoms with Crippen molar-refractivity contribution in [3.8, 4) is 0 Å². The second kappa shape index (κ2) is 30.1.